The van der Waals surface area contributed by atoms with Crippen molar-refractivity contribution in [1.29, 1.82) is 0 Å². The van der Waals surface area contributed by atoms with Gasteiger partial charge >= 0.3 is 0 Å². The van der Waals surface area contributed by atoms with E-state index in [9.17, 15) is 4.79 Å². The lowest BCUT2D eigenvalue weighted by Crippen LogP contribution is -2.03. The van der Waals surface area contributed by atoms with E-state index in [0.717, 1.165) is 10.9 Å². The zero-order valence-electron chi connectivity index (χ0n) is 11.5. The summed E-state index contributed by atoms with van der Waals surface area (Å²) >= 11 is 9.47. The Kier molecular flexibility index (Phi) is 5.00. The highest BCUT2D eigenvalue weighted by atomic mass is 79.9. The van der Waals surface area contributed by atoms with E-state index >= 15 is 0 Å². The number of hydrogen-bond donors (Lipinski definition) is 0. The minimum Gasteiger partial charge on any atom is -0.289 e. The molecule has 0 N–H and O–H groups in total. The van der Waals surface area contributed by atoms with Gasteiger partial charge in [-0.15, -0.1) is 0 Å². The van der Waals surface area contributed by atoms with Crippen molar-refractivity contribution >= 4 is 33.3 Å². The van der Waals surface area contributed by atoms with Gasteiger partial charge in [0.05, 0.1) is 5.02 Å². The van der Waals surface area contributed by atoms with Crippen LogP contribution in [0.5, 0.6) is 0 Å². The first-order chi connectivity index (χ1) is 9.52. The van der Waals surface area contributed by atoms with Crippen LogP contribution in [0.25, 0.3) is 0 Å². The molecule has 3 heteroatoms. The number of benzene rings is 2. The molecule has 0 aliphatic heterocycles. The number of hydrogen-bond acceptors (Lipinski definition) is 1. The smallest absolute Gasteiger partial charge is 0.194 e. The molecular weight excluding hydrogens is 336 g/mol. The summed E-state index contributed by atoms with van der Waals surface area (Å²) in [6, 6.07) is 13.1. The molecule has 1 unspecified atom stereocenters. The Labute approximate surface area is 133 Å². The lowest BCUT2D eigenvalue weighted by Gasteiger charge is -2.10. The normalized spacial score (nSPS) is 12.2. The molecule has 0 aliphatic carbocycles. The van der Waals surface area contributed by atoms with Crippen molar-refractivity contribution in [3.05, 3.63) is 68.7 Å². The van der Waals surface area contributed by atoms with E-state index in [1.165, 1.54) is 5.56 Å². The fraction of sp³-hybridized carbons (Fsp3) is 0.235. The van der Waals surface area contributed by atoms with Gasteiger partial charge in [0.15, 0.2) is 5.78 Å². The van der Waals surface area contributed by atoms with Gasteiger partial charge in [0.2, 0.25) is 0 Å². The maximum atomic E-state index is 12.5. The van der Waals surface area contributed by atoms with Crippen molar-refractivity contribution in [2.75, 3.05) is 0 Å². The number of ketones is 1. The molecule has 0 saturated carbocycles. The van der Waals surface area contributed by atoms with E-state index in [1.54, 1.807) is 12.1 Å². The molecule has 0 aliphatic rings. The Bertz CT molecular complexity index is 619. The van der Waals surface area contributed by atoms with Gasteiger partial charge in [-0.2, -0.15) is 0 Å². The first kappa shape index (κ1) is 15.3. The number of rotatable bonds is 4. The van der Waals surface area contributed by atoms with Crippen LogP contribution in [-0.2, 0) is 0 Å². The second-order valence-corrected chi connectivity index (χ2v) is 6.21. The molecular formula is C17H16BrClO. The maximum Gasteiger partial charge on any atom is 0.194 e. The van der Waals surface area contributed by atoms with Crippen LogP contribution < -0.4 is 0 Å². The highest BCUT2D eigenvalue weighted by molar-refractivity contribution is 9.10. The van der Waals surface area contributed by atoms with Crippen molar-refractivity contribution in [3.63, 3.8) is 0 Å². The van der Waals surface area contributed by atoms with Crippen LogP contribution in [0, 0.1) is 0 Å². The summed E-state index contributed by atoms with van der Waals surface area (Å²) in [5.74, 6) is 0.459. The molecule has 2 rings (SSSR count). The molecule has 1 nitrogen and oxygen atoms in total. The molecule has 0 spiro atoms. The van der Waals surface area contributed by atoms with Gasteiger partial charge in [-0.1, -0.05) is 65.6 Å². The molecule has 2 aromatic carbocycles. The minimum absolute atomic E-state index is 0.0491. The minimum atomic E-state index is -0.0491. The Morgan fingerprint density at radius 2 is 1.85 bits per heavy atom. The molecule has 104 valence electrons. The first-order valence-electron chi connectivity index (χ1n) is 6.62. The molecule has 20 heavy (non-hydrogen) atoms. The molecule has 0 aromatic heterocycles. The summed E-state index contributed by atoms with van der Waals surface area (Å²) < 4.78 is 0.849. The van der Waals surface area contributed by atoms with Gasteiger partial charge in [-0.25, -0.2) is 0 Å². The second-order valence-electron chi connectivity index (χ2n) is 4.88. The van der Waals surface area contributed by atoms with E-state index in [4.69, 9.17) is 11.6 Å². The van der Waals surface area contributed by atoms with Crippen molar-refractivity contribution in [1.82, 2.24) is 0 Å². The third-order valence-corrected chi connectivity index (χ3v) is 4.35. The van der Waals surface area contributed by atoms with E-state index in [0.29, 0.717) is 22.1 Å². The molecule has 0 amide bonds. The largest absolute Gasteiger partial charge is 0.289 e. The molecule has 0 fully saturated rings. The zero-order chi connectivity index (χ0) is 14.7. The summed E-state index contributed by atoms with van der Waals surface area (Å²) in [6.45, 7) is 4.34. The lowest BCUT2D eigenvalue weighted by molar-refractivity contribution is 0.103. The zero-order valence-corrected chi connectivity index (χ0v) is 13.8. The van der Waals surface area contributed by atoms with Crippen LogP contribution in [-0.4, -0.2) is 5.78 Å². The van der Waals surface area contributed by atoms with Gasteiger partial charge < -0.3 is 0 Å². The maximum absolute atomic E-state index is 12.5. The Morgan fingerprint density at radius 3 is 2.45 bits per heavy atom. The predicted octanol–water partition coefficient (Wildman–Crippen LogP) is 5.85. The van der Waals surface area contributed by atoms with Crippen LogP contribution in [0.3, 0.4) is 0 Å². The van der Waals surface area contributed by atoms with Crippen LogP contribution in [0.4, 0.5) is 0 Å². The number of halogens is 2. The standard InChI is InChI=1S/C17H16BrClO/c1-3-11(2)12-4-6-13(7-5-12)17(20)15-10-14(18)8-9-16(15)19/h4-11H,3H2,1-2H3. The number of carbonyl (C=O) groups excluding carboxylic acids is 1. The van der Waals surface area contributed by atoms with Gasteiger partial charge in [-0.3, -0.25) is 4.79 Å². The Hall–Kier alpha value is -1.12. The quantitative estimate of drug-likeness (QED) is 0.632. The summed E-state index contributed by atoms with van der Waals surface area (Å²) in [5.41, 5.74) is 2.44. The fourth-order valence-electron chi connectivity index (χ4n) is 2.03. The summed E-state index contributed by atoms with van der Waals surface area (Å²) in [7, 11) is 0. The molecule has 0 radical (unpaired) electrons. The van der Waals surface area contributed by atoms with E-state index in [1.807, 2.05) is 30.3 Å². The van der Waals surface area contributed by atoms with Gasteiger partial charge in [0.25, 0.3) is 0 Å². The SMILES string of the molecule is CCC(C)c1ccc(C(=O)c2cc(Br)ccc2Cl)cc1. The van der Waals surface area contributed by atoms with E-state index in [2.05, 4.69) is 29.8 Å². The fourth-order valence-corrected chi connectivity index (χ4v) is 2.59. The van der Waals surface area contributed by atoms with Crippen LogP contribution in [0.1, 0.15) is 47.7 Å². The van der Waals surface area contributed by atoms with Crippen molar-refractivity contribution in [2.45, 2.75) is 26.2 Å². The molecule has 2 aromatic rings. The van der Waals surface area contributed by atoms with Crippen LogP contribution in [0.15, 0.2) is 46.9 Å². The van der Waals surface area contributed by atoms with E-state index in [-0.39, 0.29) is 5.78 Å². The number of carbonyl (C=O) groups is 1. The molecule has 0 bridgehead atoms. The highest BCUT2D eigenvalue weighted by Gasteiger charge is 2.13. The van der Waals surface area contributed by atoms with Crippen molar-refractivity contribution in [2.24, 2.45) is 0 Å². The van der Waals surface area contributed by atoms with Crippen molar-refractivity contribution in [3.8, 4) is 0 Å². The summed E-state index contributed by atoms with van der Waals surface area (Å²) in [6.07, 6.45) is 1.09. The Balaban J connectivity index is 2.32. The lowest BCUT2D eigenvalue weighted by atomic mass is 9.95. The topological polar surface area (TPSA) is 17.1 Å². The van der Waals surface area contributed by atoms with Gasteiger partial charge in [0.1, 0.15) is 0 Å². The highest BCUT2D eigenvalue weighted by Crippen LogP contribution is 2.25. The third kappa shape index (κ3) is 3.31. The van der Waals surface area contributed by atoms with Crippen molar-refractivity contribution < 1.29 is 4.79 Å². The molecule has 0 saturated heterocycles. The Morgan fingerprint density at radius 1 is 1.20 bits per heavy atom. The third-order valence-electron chi connectivity index (χ3n) is 3.53. The van der Waals surface area contributed by atoms with Crippen LogP contribution in [0.2, 0.25) is 5.02 Å². The average Bonchev–Trinajstić information content (AvgIpc) is 2.48. The van der Waals surface area contributed by atoms with E-state index < -0.39 is 0 Å². The summed E-state index contributed by atoms with van der Waals surface area (Å²) in [5, 5.41) is 0.476. The average molecular weight is 352 g/mol. The first-order valence-corrected chi connectivity index (χ1v) is 7.79. The summed E-state index contributed by atoms with van der Waals surface area (Å²) in [4.78, 5) is 12.5. The monoisotopic (exact) mass is 350 g/mol. The second kappa shape index (κ2) is 6.55. The molecule has 1 atom stereocenters. The van der Waals surface area contributed by atoms with Gasteiger partial charge in [0, 0.05) is 15.6 Å². The molecule has 0 heterocycles. The van der Waals surface area contributed by atoms with Gasteiger partial charge in [-0.05, 0) is 36.1 Å². The van der Waals surface area contributed by atoms with Crippen LogP contribution >= 0.6 is 27.5 Å². The predicted molar refractivity (Wildman–Crippen MR) is 87.7 cm³/mol.